The van der Waals surface area contributed by atoms with Crippen molar-refractivity contribution in [3.63, 3.8) is 0 Å². The summed E-state index contributed by atoms with van der Waals surface area (Å²) in [7, 11) is 0. The van der Waals surface area contributed by atoms with Gasteiger partial charge in [0.2, 0.25) is 11.8 Å². The summed E-state index contributed by atoms with van der Waals surface area (Å²) in [4.78, 5) is 26.3. The summed E-state index contributed by atoms with van der Waals surface area (Å²) in [6, 6.07) is 8.62. The molecule has 1 aliphatic rings. The Labute approximate surface area is 144 Å². The first-order chi connectivity index (χ1) is 11.8. The van der Waals surface area contributed by atoms with Crippen LogP contribution < -0.4 is 10.2 Å². The number of hydrogen-bond donors (Lipinski definition) is 1. The van der Waals surface area contributed by atoms with Crippen molar-refractivity contribution in [3.05, 3.63) is 59.2 Å². The fourth-order valence-electron chi connectivity index (χ4n) is 3.00. The smallest absolute Gasteiger partial charge is 0.229 e. The zero-order valence-corrected chi connectivity index (χ0v) is 14.0. The van der Waals surface area contributed by atoms with Crippen molar-refractivity contribution in [1.82, 2.24) is 0 Å². The lowest BCUT2D eigenvalue weighted by Gasteiger charge is -2.19. The molecule has 1 saturated heterocycles. The van der Waals surface area contributed by atoms with Gasteiger partial charge in [0.25, 0.3) is 0 Å². The molecule has 1 N–H and O–H groups in total. The topological polar surface area (TPSA) is 49.4 Å². The van der Waals surface area contributed by atoms with Crippen LogP contribution in [-0.4, -0.2) is 18.4 Å². The SMILES string of the molecule is Cc1ccc(C)c(N2CC(C(=O)Nc3cc(F)cc(F)c3)CC2=O)c1. The predicted molar refractivity (Wildman–Crippen MR) is 91.4 cm³/mol. The molecule has 3 rings (SSSR count). The predicted octanol–water partition coefficient (Wildman–Crippen LogP) is 3.57. The van der Waals surface area contributed by atoms with E-state index in [4.69, 9.17) is 0 Å². The minimum absolute atomic E-state index is 0.0418. The number of carbonyl (C=O) groups is 2. The molecule has 1 atom stereocenters. The highest BCUT2D eigenvalue weighted by atomic mass is 19.1. The third kappa shape index (κ3) is 3.68. The Balaban J connectivity index is 1.75. The summed E-state index contributed by atoms with van der Waals surface area (Å²) in [6.07, 6.45) is 0.0665. The van der Waals surface area contributed by atoms with Crippen LogP contribution in [0.25, 0.3) is 0 Å². The molecule has 1 fully saturated rings. The van der Waals surface area contributed by atoms with Gasteiger partial charge in [-0.2, -0.15) is 0 Å². The minimum atomic E-state index is -0.769. The van der Waals surface area contributed by atoms with Gasteiger partial charge in [0, 0.05) is 30.4 Å². The van der Waals surface area contributed by atoms with E-state index in [-0.39, 0.29) is 24.6 Å². The van der Waals surface area contributed by atoms with Crippen LogP contribution in [0.15, 0.2) is 36.4 Å². The standard InChI is InChI=1S/C19H18F2N2O2/c1-11-3-4-12(2)17(5-11)23-10-13(6-18(23)24)19(25)22-16-8-14(20)7-15(21)9-16/h3-5,7-9,13H,6,10H2,1-2H3,(H,22,25). The van der Waals surface area contributed by atoms with Gasteiger partial charge in [-0.05, 0) is 43.2 Å². The van der Waals surface area contributed by atoms with Gasteiger partial charge in [0.05, 0.1) is 5.92 Å². The lowest BCUT2D eigenvalue weighted by Crippen LogP contribution is -2.28. The number of halogens is 2. The number of nitrogens with zero attached hydrogens (tertiary/aromatic N) is 1. The summed E-state index contributed by atoms with van der Waals surface area (Å²) < 4.78 is 26.5. The van der Waals surface area contributed by atoms with E-state index in [1.807, 2.05) is 32.0 Å². The van der Waals surface area contributed by atoms with E-state index in [1.54, 1.807) is 4.90 Å². The fraction of sp³-hybridized carbons (Fsp3) is 0.263. The number of hydrogen-bond acceptors (Lipinski definition) is 2. The molecule has 4 nitrogen and oxygen atoms in total. The van der Waals surface area contributed by atoms with Gasteiger partial charge in [0.1, 0.15) is 11.6 Å². The Morgan fingerprint density at radius 2 is 1.80 bits per heavy atom. The minimum Gasteiger partial charge on any atom is -0.326 e. The molecule has 2 amide bonds. The Morgan fingerprint density at radius 1 is 1.12 bits per heavy atom. The summed E-state index contributed by atoms with van der Waals surface area (Å²) in [5.74, 6) is -2.67. The molecule has 130 valence electrons. The van der Waals surface area contributed by atoms with Crippen LogP contribution in [0.4, 0.5) is 20.2 Å². The van der Waals surface area contributed by atoms with Gasteiger partial charge in [-0.15, -0.1) is 0 Å². The van der Waals surface area contributed by atoms with Crippen LogP contribution in [0, 0.1) is 31.4 Å². The van der Waals surface area contributed by atoms with Crippen molar-refractivity contribution in [1.29, 1.82) is 0 Å². The summed E-state index contributed by atoms with van der Waals surface area (Å²) in [6.45, 7) is 4.09. The van der Waals surface area contributed by atoms with Crippen molar-refractivity contribution in [2.45, 2.75) is 20.3 Å². The van der Waals surface area contributed by atoms with Crippen LogP contribution >= 0.6 is 0 Å². The maximum absolute atomic E-state index is 13.2. The second kappa shape index (κ2) is 6.63. The summed E-state index contributed by atoms with van der Waals surface area (Å²) in [5.41, 5.74) is 2.81. The van der Waals surface area contributed by atoms with E-state index in [2.05, 4.69) is 5.32 Å². The van der Waals surface area contributed by atoms with Crippen molar-refractivity contribution in [2.24, 2.45) is 5.92 Å². The van der Waals surface area contributed by atoms with Crippen LogP contribution in [0.1, 0.15) is 17.5 Å². The Kier molecular flexibility index (Phi) is 4.53. The monoisotopic (exact) mass is 344 g/mol. The summed E-state index contributed by atoms with van der Waals surface area (Å²) >= 11 is 0. The van der Waals surface area contributed by atoms with Crippen molar-refractivity contribution >= 4 is 23.2 Å². The fourth-order valence-corrected chi connectivity index (χ4v) is 3.00. The summed E-state index contributed by atoms with van der Waals surface area (Å²) in [5, 5.41) is 2.49. The van der Waals surface area contributed by atoms with E-state index < -0.39 is 23.5 Å². The number of nitrogens with one attached hydrogen (secondary N) is 1. The number of rotatable bonds is 3. The van der Waals surface area contributed by atoms with Crippen LogP contribution in [0.5, 0.6) is 0 Å². The van der Waals surface area contributed by atoms with Gasteiger partial charge in [-0.25, -0.2) is 8.78 Å². The number of amides is 2. The molecular weight excluding hydrogens is 326 g/mol. The third-order valence-electron chi connectivity index (χ3n) is 4.28. The van der Waals surface area contributed by atoms with Crippen molar-refractivity contribution < 1.29 is 18.4 Å². The first kappa shape index (κ1) is 17.1. The number of benzene rings is 2. The van der Waals surface area contributed by atoms with Gasteiger partial charge >= 0.3 is 0 Å². The van der Waals surface area contributed by atoms with Gasteiger partial charge < -0.3 is 10.2 Å². The highest BCUT2D eigenvalue weighted by Gasteiger charge is 2.35. The number of carbonyl (C=O) groups excluding carboxylic acids is 2. The maximum atomic E-state index is 13.2. The zero-order chi connectivity index (χ0) is 18.1. The molecular formula is C19H18F2N2O2. The molecule has 2 aromatic rings. The van der Waals surface area contributed by atoms with E-state index in [9.17, 15) is 18.4 Å². The molecule has 0 saturated carbocycles. The van der Waals surface area contributed by atoms with Crippen LogP contribution in [0.2, 0.25) is 0 Å². The second-order valence-electron chi connectivity index (χ2n) is 6.34. The van der Waals surface area contributed by atoms with E-state index in [0.717, 1.165) is 35.0 Å². The Bertz CT molecular complexity index is 831. The number of anilines is 2. The molecule has 0 aromatic heterocycles. The van der Waals surface area contributed by atoms with E-state index >= 15 is 0 Å². The van der Waals surface area contributed by atoms with Gasteiger partial charge in [-0.1, -0.05) is 12.1 Å². The lowest BCUT2D eigenvalue weighted by atomic mass is 10.1. The highest BCUT2D eigenvalue weighted by molar-refractivity contribution is 6.03. The molecule has 6 heteroatoms. The van der Waals surface area contributed by atoms with E-state index in [1.165, 1.54) is 0 Å². The first-order valence-electron chi connectivity index (χ1n) is 7.98. The maximum Gasteiger partial charge on any atom is 0.229 e. The molecule has 0 bridgehead atoms. The highest BCUT2D eigenvalue weighted by Crippen LogP contribution is 2.29. The zero-order valence-electron chi connectivity index (χ0n) is 14.0. The molecule has 1 heterocycles. The molecule has 1 unspecified atom stereocenters. The molecule has 25 heavy (non-hydrogen) atoms. The Morgan fingerprint density at radius 3 is 2.48 bits per heavy atom. The quantitative estimate of drug-likeness (QED) is 0.925. The van der Waals surface area contributed by atoms with E-state index in [0.29, 0.717) is 0 Å². The van der Waals surface area contributed by atoms with Gasteiger partial charge in [-0.3, -0.25) is 9.59 Å². The van der Waals surface area contributed by atoms with Crippen molar-refractivity contribution in [3.8, 4) is 0 Å². The molecule has 0 radical (unpaired) electrons. The number of aryl methyl sites for hydroxylation is 2. The lowest BCUT2D eigenvalue weighted by molar-refractivity contribution is -0.122. The Hall–Kier alpha value is -2.76. The molecule has 2 aromatic carbocycles. The molecule has 0 aliphatic carbocycles. The second-order valence-corrected chi connectivity index (χ2v) is 6.34. The van der Waals surface area contributed by atoms with Crippen molar-refractivity contribution in [2.75, 3.05) is 16.8 Å². The molecule has 1 aliphatic heterocycles. The van der Waals surface area contributed by atoms with Crippen LogP contribution in [-0.2, 0) is 9.59 Å². The third-order valence-corrected chi connectivity index (χ3v) is 4.28. The average Bonchev–Trinajstić information content (AvgIpc) is 2.90. The normalized spacial score (nSPS) is 17.0. The largest absolute Gasteiger partial charge is 0.326 e. The van der Waals surface area contributed by atoms with Crippen LogP contribution in [0.3, 0.4) is 0 Å². The molecule has 0 spiro atoms. The first-order valence-corrected chi connectivity index (χ1v) is 7.98. The average molecular weight is 344 g/mol. The van der Waals surface area contributed by atoms with Gasteiger partial charge in [0.15, 0.2) is 0 Å².